The quantitative estimate of drug-likeness (QED) is 0.0297. The number of halogens is 1. The number of nitrogens with zero attached hydrogens (tertiary/aromatic N) is 1. The Morgan fingerprint density at radius 3 is 2.17 bits per heavy atom. The molecule has 1 fully saturated rings. The first-order valence-corrected chi connectivity index (χ1v) is 23.8. The molecule has 318 valence electrons. The van der Waals surface area contributed by atoms with Gasteiger partial charge in [-0.3, -0.25) is 19.3 Å². The molecule has 2 amide bonds. The van der Waals surface area contributed by atoms with Crippen molar-refractivity contribution >= 4 is 65.1 Å². The summed E-state index contributed by atoms with van der Waals surface area (Å²) in [5.41, 5.74) is 3.28. The topological polar surface area (TPSA) is 154 Å². The molecule has 5 rings (SSSR count). The van der Waals surface area contributed by atoms with Gasteiger partial charge in [-0.1, -0.05) is 113 Å². The van der Waals surface area contributed by atoms with Crippen molar-refractivity contribution in [3.63, 3.8) is 0 Å². The Morgan fingerprint density at radius 2 is 1.61 bits per heavy atom. The summed E-state index contributed by atoms with van der Waals surface area (Å²) in [6.45, 7) is 8.53. The summed E-state index contributed by atoms with van der Waals surface area (Å²) in [5, 5.41) is 44.9. The van der Waals surface area contributed by atoms with Crippen molar-refractivity contribution in [3.05, 3.63) is 98.6 Å². The monoisotopic (exact) mass is 937 g/mol. The zero-order chi connectivity index (χ0) is 42.9. The van der Waals surface area contributed by atoms with Gasteiger partial charge in [-0.25, -0.2) is 0 Å². The summed E-state index contributed by atoms with van der Waals surface area (Å²) < 4.78 is 13.5. The molecule has 1 aliphatic carbocycles. The van der Waals surface area contributed by atoms with Gasteiger partial charge in [-0.15, -0.1) is 0 Å². The number of carboxylic acid groups (broad SMARTS) is 1. The van der Waals surface area contributed by atoms with Crippen LogP contribution in [-0.4, -0.2) is 84.4 Å². The van der Waals surface area contributed by atoms with Gasteiger partial charge >= 0.3 is 5.97 Å². The van der Waals surface area contributed by atoms with Crippen LogP contribution in [0.3, 0.4) is 0 Å². The highest BCUT2D eigenvalue weighted by molar-refractivity contribution is 14.1. The number of phenolic OH excluding ortho intramolecular Hbond substituents is 1. The zero-order valence-corrected chi connectivity index (χ0v) is 38.1. The Bertz CT molecular complexity index is 1960. The van der Waals surface area contributed by atoms with Crippen LogP contribution < -0.4 is 15.1 Å². The molecule has 0 spiro atoms. The largest absolute Gasteiger partial charge is 0.504 e. The van der Waals surface area contributed by atoms with Crippen LogP contribution in [0, 0.1) is 21.3 Å². The van der Waals surface area contributed by atoms with Crippen LogP contribution in [0.2, 0.25) is 5.04 Å². The predicted octanol–water partition coefficient (Wildman–Crippen LogP) is 7.46. The Kier molecular flexibility index (Phi) is 16.2. The molecule has 1 heterocycles. The number of aliphatic hydroxyl groups excluding tert-OH is 2. The smallest absolute Gasteiger partial charge is 0.303 e. The number of imide groups is 1. The van der Waals surface area contributed by atoms with Gasteiger partial charge in [0.25, 0.3) is 8.32 Å². The Balaban J connectivity index is 1.54. The van der Waals surface area contributed by atoms with E-state index in [1.807, 2.05) is 42.5 Å². The van der Waals surface area contributed by atoms with Crippen molar-refractivity contribution in [3.8, 4) is 11.5 Å². The molecule has 0 bridgehead atoms. The summed E-state index contributed by atoms with van der Waals surface area (Å²) in [4.78, 5) is 40.7. The van der Waals surface area contributed by atoms with Crippen molar-refractivity contribution < 1.29 is 44.0 Å². The maximum atomic E-state index is 14.2. The number of hydrogen-bond donors (Lipinski definition) is 4. The second-order valence-corrected chi connectivity index (χ2v) is 22.3. The van der Waals surface area contributed by atoms with Gasteiger partial charge in [0.05, 0.1) is 41.8 Å². The maximum Gasteiger partial charge on any atom is 0.303 e. The first kappa shape index (κ1) is 46.2. The molecular weight excluding hydrogens is 878 g/mol. The van der Waals surface area contributed by atoms with Gasteiger partial charge in [0.2, 0.25) is 11.8 Å². The minimum atomic E-state index is -3.07. The second-order valence-electron chi connectivity index (χ2n) is 16.8. The number of amides is 2. The SMILES string of the molecule is CCC/C(=C\c1cc(I)c(O)c(OC)c1)CC[C@@H](O)C1=C(CO[Si](c2ccccc2)(c2ccccc2)C(C)(C)C)C[C@H]2C(=O)N(CCCCCC(=O)O)C(=O)[C@H]2[C@H]1CO. The number of methoxy groups -OCH3 is 1. The summed E-state index contributed by atoms with van der Waals surface area (Å²) in [6.07, 6.45) is 5.27. The Hall–Kier alpha value is -3.82. The maximum absolute atomic E-state index is 14.2. The van der Waals surface area contributed by atoms with Crippen LogP contribution in [0.25, 0.3) is 6.08 Å². The lowest BCUT2D eigenvalue weighted by Gasteiger charge is -2.44. The van der Waals surface area contributed by atoms with Crippen molar-refractivity contribution in [1.82, 2.24) is 4.90 Å². The fraction of sp³-hybridized carbons (Fsp3) is 0.468. The molecule has 0 saturated carbocycles. The molecule has 0 aromatic heterocycles. The minimum absolute atomic E-state index is 0.0250. The highest BCUT2D eigenvalue weighted by atomic mass is 127. The molecule has 1 saturated heterocycles. The third-order valence-corrected chi connectivity index (χ3v) is 17.7. The molecule has 12 heteroatoms. The normalized spacial score (nSPS) is 19.3. The summed E-state index contributed by atoms with van der Waals surface area (Å²) >= 11 is 2.08. The summed E-state index contributed by atoms with van der Waals surface area (Å²) in [6, 6.07) is 24.2. The number of carbonyl (C=O) groups excluding carboxylic acids is 2. The number of allylic oxidation sites excluding steroid dienone is 1. The number of aliphatic carboxylic acids is 1. The van der Waals surface area contributed by atoms with Crippen molar-refractivity contribution in [2.45, 2.75) is 96.6 Å². The van der Waals surface area contributed by atoms with E-state index in [1.54, 1.807) is 6.07 Å². The van der Waals surface area contributed by atoms with Gasteiger partial charge in [0, 0.05) is 18.9 Å². The van der Waals surface area contributed by atoms with Crippen molar-refractivity contribution in [1.29, 1.82) is 0 Å². The number of likely N-dealkylation sites (tertiary alicyclic amines) is 1. The lowest BCUT2D eigenvalue weighted by atomic mass is 9.68. The molecule has 0 radical (unpaired) electrons. The van der Waals surface area contributed by atoms with E-state index in [0.717, 1.165) is 39.9 Å². The number of ether oxygens (including phenoxy) is 1. The number of carboxylic acids is 1. The molecule has 0 unspecified atom stereocenters. The Morgan fingerprint density at radius 1 is 0.966 bits per heavy atom. The number of carbonyl (C=O) groups is 3. The van der Waals surface area contributed by atoms with Crippen LogP contribution in [0.4, 0.5) is 0 Å². The van der Waals surface area contributed by atoms with E-state index >= 15 is 0 Å². The first-order valence-electron chi connectivity index (χ1n) is 20.8. The zero-order valence-electron chi connectivity index (χ0n) is 35.0. The number of rotatable bonds is 20. The highest BCUT2D eigenvalue weighted by Gasteiger charge is 2.56. The highest BCUT2D eigenvalue weighted by Crippen LogP contribution is 2.47. The molecule has 2 aliphatic rings. The summed E-state index contributed by atoms with van der Waals surface area (Å²) in [5.74, 6) is -3.40. The number of unbranched alkanes of at least 4 members (excludes halogenated alkanes) is 2. The van der Waals surface area contributed by atoms with E-state index in [2.05, 4.69) is 80.6 Å². The van der Waals surface area contributed by atoms with E-state index in [9.17, 15) is 29.7 Å². The second kappa shape index (κ2) is 20.6. The van der Waals surface area contributed by atoms with Crippen LogP contribution in [-0.2, 0) is 18.8 Å². The third kappa shape index (κ3) is 10.4. The van der Waals surface area contributed by atoms with Gasteiger partial charge in [-0.2, -0.15) is 0 Å². The number of aromatic hydroxyl groups is 1. The van der Waals surface area contributed by atoms with Gasteiger partial charge in [-0.05, 0) is 105 Å². The molecule has 10 nitrogen and oxygen atoms in total. The van der Waals surface area contributed by atoms with E-state index in [4.69, 9.17) is 14.3 Å². The number of phenols is 1. The van der Waals surface area contributed by atoms with E-state index < -0.39 is 44.8 Å². The summed E-state index contributed by atoms with van der Waals surface area (Å²) in [7, 11) is -1.55. The lowest BCUT2D eigenvalue weighted by Crippen LogP contribution is -2.66. The molecular formula is C47H60INO9Si. The van der Waals surface area contributed by atoms with E-state index in [-0.39, 0.29) is 48.6 Å². The standard InChI is InChI=1S/C47H60INO9Si/c1-6-16-31(25-32-26-38(48)44(54)40(27-32)57-5)22-23-39(51)42-33(28-36-43(37(42)29-50)46(56)49(45(36)55)24-15-9-14-21-41(52)53)30-58-59(47(2,3)4,34-17-10-7-11-18-34)35-19-12-8-13-20-35/h7-8,10-13,17-20,25-27,36-37,39,43,50-51,54H,6,9,14-16,21-24,28-30H2,1-5H3,(H,52,53)/b31-25+/t36-,37+,39-,43-/m1/s1. The van der Waals surface area contributed by atoms with Crippen LogP contribution in [0.5, 0.6) is 11.5 Å². The van der Waals surface area contributed by atoms with Crippen molar-refractivity contribution in [2.24, 2.45) is 17.8 Å². The average Bonchev–Trinajstić information content (AvgIpc) is 3.45. The van der Waals surface area contributed by atoms with Gasteiger partial charge in [0.1, 0.15) is 0 Å². The fourth-order valence-electron chi connectivity index (χ4n) is 9.19. The molecule has 3 aromatic rings. The first-order chi connectivity index (χ1) is 28.2. The number of aliphatic hydroxyl groups is 2. The average molecular weight is 938 g/mol. The molecule has 59 heavy (non-hydrogen) atoms. The van der Waals surface area contributed by atoms with Gasteiger partial charge in [0.15, 0.2) is 11.5 Å². The van der Waals surface area contributed by atoms with E-state index in [1.165, 1.54) is 12.0 Å². The fourth-order valence-corrected chi connectivity index (χ4v) is 14.4. The van der Waals surface area contributed by atoms with E-state index in [0.29, 0.717) is 47.0 Å². The van der Waals surface area contributed by atoms with Crippen LogP contribution >= 0.6 is 22.6 Å². The predicted molar refractivity (Wildman–Crippen MR) is 241 cm³/mol. The lowest BCUT2D eigenvalue weighted by molar-refractivity contribution is -0.141. The molecule has 4 atom stereocenters. The molecule has 3 aromatic carbocycles. The number of benzene rings is 3. The number of hydrogen-bond acceptors (Lipinski definition) is 8. The molecule has 4 N–H and O–H groups in total. The van der Waals surface area contributed by atoms with Crippen LogP contribution in [0.15, 0.2) is 89.5 Å². The van der Waals surface area contributed by atoms with Gasteiger partial charge < -0.3 is 29.6 Å². The van der Waals surface area contributed by atoms with Crippen molar-refractivity contribution in [2.75, 3.05) is 26.9 Å². The van der Waals surface area contributed by atoms with Crippen LogP contribution in [0.1, 0.15) is 91.0 Å². The number of fused-ring (bicyclic) bond motifs is 1. The Labute approximate surface area is 363 Å². The molecule has 1 aliphatic heterocycles. The minimum Gasteiger partial charge on any atom is -0.504 e. The third-order valence-electron chi connectivity index (χ3n) is 11.9.